The van der Waals surface area contributed by atoms with Crippen LogP contribution in [0.2, 0.25) is 0 Å². The highest BCUT2D eigenvalue weighted by Gasteiger charge is 2.35. The Balaban J connectivity index is 1.87. The molecule has 0 aliphatic heterocycles. The Morgan fingerprint density at radius 3 is 2.62 bits per heavy atom. The Bertz CT molecular complexity index is 1110. The van der Waals surface area contributed by atoms with Crippen LogP contribution in [0, 0.1) is 0 Å². The Kier molecular flexibility index (Phi) is 3.83. The summed E-state index contributed by atoms with van der Waals surface area (Å²) in [5.41, 5.74) is 0.837. The van der Waals surface area contributed by atoms with Gasteiger partial charge in [0, 0.05) is 28.6 Å². The summed E-state index contributed by atoms with van der Waals surface area (Å²) >= 11 is 0. The van der Waals surface area contributed by atoms with Gasteiger partial charge in [0.2, 0.25) is 0 Å². The van der Waals surface area contributed by atoms with E-state index < -0.39 is 11.2 Å². The largest absolute Gasteiger partial charge is 0.455 e. The van der Waals surface area contributed by atoms with Crippen molar-refractivity contribution in [1.29, 1.82) is 0 Å². The molecule has 1 N–H and O–H groups in total. The van der Waals surface area contributed by atoms with E-state index in [1.807, 2.05) is 38.2 Å². The van der Waals surface area contributed by atoms with Gasteiger partial charge in [-0.2, -0.15) is 0 Å². The fraction of sp³-hybridized carbons (Fsp3) is 0.286. The second-order valence-electron chi connectivity index (χ2n) is 7.67. The maximum absolute atomic E-state index is 10.3. The van der Waals surface area contributed by atoms with E-state index >= 15 is 0 Å². The molecule has 0 amide bonds. The lowest BCUT2D eigenvalue weighted by Gasteiger charge is -2.37. The summed E-state index contributed by atoms with van der Waals surface area (Å²) in [7, 11) is 1.71. The van der Waals surface area contributed by atoms with Gasteiger partial charge in [-0.3, -0.25) is 4.98 Å². The third-order valence-electron chi connectivity index (χ3n) is 5.27. The highest BCUT2D eigenvalue weighted by Crippen LogP contribution is 2.33. The van der Waals surface area contributed by atoms with Gasteiger partial charge in [0.05, 0.1) is 11.2 Å². The number of furan rings is 1. The fourth-order valence-corrected chi connectivity index (χ4v) is 2.93. The lowest BCUT2D eigenvalue weighted by atomic mass is 9.80. The van der Waals surface area contributed by atoms with Crippen LogP contribution in [-0.2, 0) is 4.65 Å². The van der Waals surface area contributed by atoms with Crippen LogP contribution < -0.4 is 5.46 Å². The molecule has 0 saturated heterocycles. The molecule has 0 aliphatic carbocycles. The molecule has 1 radical (unpaired) electrons. The lowest BCUT2D eigenvalue weighted by molar-refractivity contribution is -0.0893. The van der Waals surface area contributed by atoms with Crippen molar-refractivity contribution in [3.05, 3.63) is 48.8 Å². The number of nitrogens with zero attached hydrogens (tertiary/aromatic N) is 1. The van der Waals surface area contributed by atoms with E-state index in [0.29, 0.717) is 0 Å². The van der Waals surface area contributed by atoms with Gasteiger partial charge in [-0.1, -0.05) is 24.3 Å². The molecular formula is C21H21BNO3. The molecule has 4 aromatic rings. The molecule has 131 valence electrons. The number of aliphatic hydroxyl groups is 1. The zero-order valence-corrected chi connectivity index (χ0v) is 15.4. The van der Waals surface area contributed by atoms with E-state index in [-0.39, 0.29) is 0 Å². The summed E-state index contributed by atoms with van der Waals surface area (Å²) in [5.74, 6) is 0. The molecule has 5 heteroatoms. The van der Waals surface area contributed by atoms with Crippen LogP contribution in [-0.4, -0.2) is 28.8 Å². The van der Waals surface area contributed by atoms with Gasteiger partial charge < -0.3 is 14.2 Å². The van der Waals surface area contributed by atoms with E-state index in [1.165, 1.54) is 0 Å². The third kappa shape index (κ3) is 2.68. The van der Waals surface area contributed by atoms with Crippen LogP contribution in [0.3, 0.4) is 0 Å². The average molecular weight is 346 g/mol. The summed E-state index contributed by atoms with van der Waals surface area (Å²) in [6.45, 7) is 7.23. The maximum atomic E-state index is 10.3. The van der Waals surface area contributed by atoms with Crippen LogP contribution in [0.5, 0.6) is 0 Å². The summed E-state index contributed by atoms with van der Waals surface area (Å²) in [4.78, 5) is 4.21. The first kappa shape index (κ1) is 17.1. The predicted octanol–water partition coefficient (Wildman–Crippen LogP) is 3.94. The van der Waals surface area contributed by atoms with Gasteiger partial charge in [0.15, 0.2) is 0 Å². The second-order valence-corrected chi connectivity index (χ2v) is 7.67. The maximum Gasteiger partial charge on any atom is 0.331 e. The van der Waals surface area contributed by atoms with Crippen molar-refractivity contribution in [2.24, 2.45) is 0 Å². The molecule has 0 spiro atoms. The van der Waals surface area contributed by atoms with Gasteiger partial charge in [-0.05, 0) is 50.7 Å². The highest BCUT2D eigenvalue weighted by molar-refractivity contribution is 6.53. The van der Waals surface area contributed by atoms with Crippen molar-refractivity contribution >= 4 is 45.7 Å². The number of aromatic nitrogens is 1. The quantitative estimate of drug-likeness (QED) is 0.569. The molecule has 2 heterocycles. The first-order valence-corrected chi connectivity index (χ1v) is 8.69. The Morgan fingerprint density at radius 1 is 1.04 bits per heavy atom. The standard InChI is InChI=1S/C21H21BNO3/c1-20(2,24)21(3,4)26-22-16-7-5-6-13-8-9-14-15-12-23-11-10-17(15)25-19(14)18(13)16/h5-12,24H,1-4H3. The number of hydrogen-bond acceptors (Lipinski definition) is 4. The molecule has 0 saturated carbocycles. The van der Waals surface area contributed by atoms with Crippen molar-refractivity contribution in [3.8, 4) is 0 Å². The fourth-order valence-electron chi connectivity index (χ4n) is 2.93. The third-order valence-corrected chi connectivity index (χ3v) is 5.27. The van der Waals surface area contributed by atoms with E-state index in [0.717, 1.165) is 38.2 Å². The molecule has 2 aromatic carbocycles. The molecule has 26 heavy (non-hydrogen) atoms. The minimum absolute atomic E-state index is 0.735. The van der Waals surface area contributed by atoms with Crippen molar-refractivity contribution in [2.45, 2.75) is 38.9 Å². The van der Waals surface area contributed by atoms with Crippen molar-refractivity contribution < 1.29 is 14.2 Å². The van der Waals surface area contributed by atoms with Crippen molar-refractivity contribution in [1.82, 2.24) is 4.98 Å². The summed E-state index contributed by atoms with van der Waals surface area (Å²) < 4.78 is 12.1. The minimum atomic E-state index is -0.978. The molecular weight excluding hydrogens is 325 g/mol. The number of benzene rings is 2. The van der Waals surface area contributed by atoms with Gasteiger partial charge in [0.1, 0.15) is 11.2 Å². The smallest absolute Gasteiger partial charge is 0.331 e. The van der Waals surface area contributed by atoms with Crippen LogP contribution in [0.1, 0.15) is 27.7 Å². The van der Waals surface area contributed by atoms with Gasteiger partial charge in [-0.15, -0.1) is 0 Å². The van der Waals surface area contributed by atoms with E-state index in [2.05, 4.69) is 23.2 Å². The van der Waals surface area contributed by atoms with Gasteiger partial charge in [-0.25, -0.2) is 0 Å². The van der Waals surface area contributed by atoms with Crippen LogP contribution in [0.4, 0.5) is 0 Å². The van der Waals surface area contributed by atoms with Crippen LogP contribution in [0.25, 0.3) is 32.7 Å². The normalized spacial score (nSPS) is 13.0. The van der Waals surface area contributed by atoms with Crippen molar-refractivity contribution in [3.63, 3.8) is 0 Å². The molecule has 0 aliphatic rings. The zero-order chi connectivity index (χ0) is 18.5. The average Bonchev–Trinajstić information content (AvgIpc) is 2.97. The molecule has 4 rings (SSSR count). The van der Waals surface area contributed by atoms with Gasteiger partial charge >= 0.3 is 7.48 Å². The number of pyridine rings is 1. The SMILES string of the molecule is CC(C)(O)C(C)(C)O[B]c1cccc2ccc3c4cnccc4oc3c12. The van der Waals surface area contributed by atoms with E-state index in [9.17, 15) is 5.11 Å². The Hall–Kier alpha value is -2.37. The topological polar surface area (TPSA) is 55.5 Å². The van der Waals surface area contributed by atoms with Gasteiger partial charge in [0.25, 0.3) is 0 Å². The van der Waals surface area contributed by atoms with Crippen molar-refractivity contribution in [2.75, 3.05) is 0 Å². The molecule has 2 aromatic heterocycles. The molecule has 0 bridgehead atoms. The number of fused-ring (bicyclic) bond motifs is 5. The first-order valence-electron chi connectivity index (χ1n) is 8.69. The molecule has 4 nitrogen and oxygen atoms in total. The summed E-state index contributed by atoms with van der Waals surface area (Å²) in [6.07, 6.45) is 3.56. The summed E-state index contributed by atoms with van der Waals surface area (Å²) in [6, 6.07) is 12.1. The second kappa shape index (κ2) is 5.83. The van der Waals surface area contributed by atoms with Crippen LogP contribution in [0.15, 0.2) is 53.2 Å². The summed E-state index contributed by atoms with van der Waals surface area (Å²) in [5, 5.41) is 14.4. The number of rotatable bonds is 4. The van der Waals surface area contributed by atoms with E-state index in [4.69, 9.17) is 9.07 Å². The molecule has 0 fully saturated rings. The molecule has 0 atom stereocenters. The van der Waals surface area contributed by atoms with Crippen LogP contribution >= 0.6 is 0 Å². The number of hydrogen-bond donors (Lipinski definition) is 1. The Labute approximate surface area is 153 Å². The lowest BCUT2D eigenvalue weighted by Crippen LogP contribution is -2.49. The first-order chi connectivity index (χ1) is 12.3. The Morgan fingerprint density at radius 2 is 1.85 bits per heavy atom. The molecule has 0 unspecified atom stereocenters. The van der Waals surface area contributed by atoms with E-state index in [1.54, 1.807) is 27.5 Å². The minimum Gasteiger partial charge on any atom is -0.455 e. The highest BCUT2D eigenvalue weighted by atomic mass is 16.5. The predicted molar refractivity (Wildman–Crippen MR) is 106 cm³/mol. The monoisotopic (exact) mass is 346 g/mol. The zero-order valence-electron chi connectivity index (χ0n) is 15.4.